The lowest BCUT2D eigenvalue weighted by Crippen LogP contribution is -2.35. The number of aliphatic hydroxyl groups is 1. The minimum atomic E-state index is -0.932. The average molecular weight is 539 g/mol. The second kappa shape index (κ2) is 10.2. The summed E-state index contributed by atoms with van der Waals surface area (Å²) in [6.07, 6.45) is 5.86. The van der Waals surface area contributed by atoms with Gasteiger partial charge in [0.05, 0.1) is 28.4 Å². The largest absolute Gasteiger partial charge is 0.493 e. The molecular formula is C34H50O5. The fraction of sp³-hybridized carbons (Fsp3) is 0.647. The van der Waals surface area contributed by atoms with Gasteiger partial charge in [-0.15, -0.1) is 0 Å². The van der Waals surface area contributed by atoms with Gasteiger partial charge in [-0.2, -0.15) is 0 Å². The van der Waals surface area contributed by atoms with E-state index >= 15 is 0 Å². The van der Waals surface area contributed by atoms with E-state index in [2.05, 4.69) is 60.6 Å². The van der Waals surface area contributed by atoms with E-state index in [0.717, 1.165) is 65.0 Å². The molecule has 0 bridgehead atoms. The van der Waals surface area contributed by atoms with E-state index < -0.39 is 6.10 Å². The summed E-state index contributed by atoms with van der Waals surface area (Å²) in [5.74, 6) is 2.71. The molecule has 0 aromatic heterocycles. The summed E-state index contributed by atoms with van der Waals surface area (Å²) in [7, 11) is 6.73. The number of ether oxygens (including phenoxy) is 4. The SMILES string of the molecule is COc1cc(C(O)c2c(C)cc([C@@]3(C)CCCC3(C)C)c(OC)c2OC)cc([C@@]2(C)CCCC2(C)C)c1OC. The Labute approximate surface area is 236 Å². The first-order chi connectivity index (χ1) is 18.2. The molecule has 0 spiro atoms. The fourth-order valence-corrected chi connectivity index (χ4v) is 7.65. The zero-order valence-corrected chi connectivity index (χ0v) is 26.1. The van der Waals surface area contributed by atoms with Gasteiger partial charge in [0.25, 0.3) is 0 Å². The smallest absolute Gasteiger partial charge is 0.167 e. The van der Waals surface area contributed by atoms with Crippen molar-refractivity contribution in [2.45, 2.75) is 104 Å². The molecule has 0 amide bonds. The van der Waals surface area contributed by atoms with Gasteiger partial charge in [-0.05, 0) is 66.7 Å². The van der Waals surface area contributed by atoms with Crippen LogP contribution in [-0.4, -0.2) is 33.5 Å². The molecule has 39 heavy (non-hydrogen) atoms. The minimum absolute atomic E-state index is 0.0565. The van der Waals surface area contributed by atoms with Crippen LogP contribution < -0.4 is 18.9 Å². The first-order valence-electron chi connectivity index (χ1n) is 14.4. The summed E-state index contributed by atoms with van der Waals surface area (Å²) in [6.45, 7) is 16.1. The summed E-state index contributed by atoms with van der Waals surface area (Å²) in [4.78, 5) is 0. The molecule has 0 aliphatic heterocycles. The number of benzene rings is 2. The van der Waals surface area contributed by atoms with Crippen molar-refractivity contribution < 1.29 is 24.1 Å². The maximum atomic E-state index is 12.1. The summed E-state index contributed by atoms with van der Waals surface area (Å²) in [5, 5.41) is 12.1. The van der Waals surface area contributed by atoms with Crippen LogP contribution in [0.25, 0.3) is 0 Å². The molecule has 1 unspecified atom stereocenters. The number of aliphatic hydroxyl groups excluding tert-OH is 1. The van der Waals surface area contributed by atoms with Crippen LogP contribution >= 0.6 is 0 Å². The topological polar surface area (TPSA) is 57.2 Å². The van der Waals surface area contributed by atoms with Gasteiger partial charge >= 0.3 is 0 Å². The summed E-state index contributed by atoms with van der Waals surface area (Å²) in [6, 6.07) is 6.24. The Bertz CT molecular complexity index is 1230. The van der Waals surface area contributed by atoms with E-state index in [9.17, 15) is 5.11 Å². The molecule has 216 valence electrons. The highest BCUT2D eigenvalue weighted by Crippen LogP contribution is 2.60. The fourth-order valence-electron chi connectivity index (χ4n) is 7.65. The molecule has 2 aliphatic rings. The summed E-state index contributed by atoms with van der Waals surface area (Å²) >= 11 is 0. The number of rotatable bonds is 8. The highest BCUT2D eigenvalue weighted by Gasteiger charge is 2.50. The van der Waals surface area contributed by atoms with Crippen LogP contribution in [0.3, 0.4) is 0 Å². The van der Waals surface area contributed by atoms with Gasteiger partial charge in [0, 0.05) is 27.5 Å². The highest BCUT2D eigenvalue weighted by molar-refractivity contribution is 5.62. The normalized spacial score (nSPS) is 26.4. The zero-order chi connectivity index (χ0) is 29.0. The number of hydrogen-bond donors (Lipinski definition) is 1. The summed E-state index contributed by atoms with van der Waals surface area (Å²) in [5.41, 5.74) is 4.75. The van der Waals surface area contributed by atoms with Crippen LogP contribution in [0.2, 0.25) is 0 Å². The Kier molecular flexibility index (Phi) is 7.75. The molecular weight excluding hydrogens is 488 g/mol. The van der Waals surface area contributed by atoms with Crippen molar-refractivity contribution in [3.63, 3.8) is 0 Å². The second-order valence-electron chi connectivity index (χ2n) is 13.6. The van der Waals surface area contributed by atoms with Crippen LogP contribution in [0.15, 0.2) is 18.2 Å². The number of aryl methyl sites for hydroxylation is 1. The Balaban J connectivity index is 1.93. The molecule has 2 aliphatic carbocycles. The third-order valence-corrected chi connectivity index (χ3v) is 11.1. The Morgan fingerprint density at radius 2 is 1.13 bits per heavy atom. The molecule has 3 atom stereocenters. The van der Waals surface area contributed by atoms with E-state index in [-0.39, 0.29) is 21.7 Å². The van der Waals surface area contributed by atoms with Crippen molar-refractivity contribution in [2.24, 2.45) is 10.8 Å². The van der Waals surface area contributed by atoms with Crippen LogP contribution in [0.4, 0.5) is 0 Å². The lowest BCUT2D eigenvalue weighted by atomic mass is 9.64. The third-order valence-electron chi connectivity index (χ3n) is 11.1. The highest BCUT2D eigenvalue weighted by atomic mass is 16.5. The minimum Gasteiger partial charge on any atom is -0.493 e. The Morgan fingerprint density at radius 1 is 0.641 bits per heavy atom. The standard InChI is InChI=1S/C34H50O5/c1-21-18-23(33(6)16-12-14-31(33,2)3)29(38-10)30(39-11)26(21)27(35)22-19-24(28(37-9)25(20-22)36-8)34(7)17-13-15-32(34,4)5/h18-20,27,35H,12-17H2,1-11H3/t27?,33-,34-/m1/s1. The van der Waals surface area contributed by atoms with Crippen molar-refractivity contribution in [2.75, 3.05) is 28.4 Å². The monoisotopic (exact) mass is 538 g/mol. The molecule has 2 fully saturated rings. The molecule has 0 saturated heterocycles. The lowest BCUT2D eigenvalue weighted by Gasteiger charge is -2.41. The van der Waals surface area contributed by atoms with Gasteiger partial charge in [-0.3, -0.25) is 0 Å². The molecule has 4 rings (SSSR count). The van der Waals surface area contributed by atoms with Crippen LogP contribution in [-0.2, 0) is 10.8 Å². The Morgan fingerprint density at radius 3 is 1.54 bits per heavy atom. The van der Waals surface area contributed by atoms with Crippen LogP contribution in [0.5, 0.6) is 23.0 Å². The summed E-state index contributed by atoms with van der Waals surface area (Å²) < 4.78 is 23.9. The van der Waals surface area contributed by atoms with Gasteiger partial charge in [0.15, 0.2) is 23.0 Å². The zero-order valence-electron chi connectivity index (χ0n) is 26.1. The van der Waals surface area contributed by atoms with E-state index in [0.29, 0.717) is 11.5 Å². The predicted molar refractivity (Wildman–Crippen MR) is 158 cm³/mol. The maximum Gasteiger partial charge on any atom is 0.167 e. The van der Waals surface area contributed by atoms with Gasteiger partial charge in [-0.25, -0.2) is 0 Å². The van der Waals surface area contributed by atoms with Crippen molar-refractivity contribution >= 4 is 0 Å². The van der Waals surface area contributed by atoms with Gasteiger partial charge in [-0.1, -0.05) is 60.5 Å². The van der Waals surface area contributed by atoms with Gasteiger partial charge < -0.3 is 24.1 Å². The molecule has 5 heteroatoms. The molecule has 0 radical (unpaired) electrons. The van der Waals surface area contributed by atoms with E-state index in [1.54, 1.807) is 28.4 Å². The van der Waals surface area contributed by atoms with Crippen LogP contribution in [0.1, 0.15) is 114 Å². The molecule has 2 aromatic rings. The van der Waals surface area contributed by atoms with E-state index in [4.69, 9.17) is 18.9 Å². The third kappa shape index (κ3) is 4.40. The van der Waals surface area contributed by atoms with Gasteiger partial charge in [0.1, 0.15) is 6.10 Å². The quantitative estimate of drug-likeness (QED) is 0.368. The van der Waals surface area contributed by atoms with Crippen molar-refractivity contribution in [3.05, 3.63) is 46.0 Å². The van der Waals surface area contributed by atoms with Crippen LogP contribution in [0, 0.1) is 17.8 Å². The van der Waals surface area contributed by atoms with Crippen molar-refractivity contribution in [1.29, 1.82) is 0 Å². The Hall–Kier alpha value is -2.40. The molecule has 2 aromatic carbocycles. The number of methoxy groups -OCH3 is 4. The lowest BCUT2D eigenvalue weighted by molar-refractivity contribution is 0.201. The first-order valence-corrected chi connectivity index (χ1v) is 14.4. The molecule has 0 heterocycles. The van der Waals surface area contributed by atoms with Crippen molar-refractivity contribution in [1.82, 2.24) is 0 Å². The second-order valence-corrected chi connectivity index (χ2v) is 13.6. The first kappa shape index (κ1) is 29.6. The maximum absolute atomic E-state index is 12.1. The van der Waals surface area contributed by atoms with E-state index in [1.807, 2.05) is 6.07 Å². The molecule has 2 saturated carbocycles. The number of hydrogen-bond acceptors (Lipinski definition) is 5. The van der Waals surface area contributed by atoms with Gasteiger partial charge in [0.2, 0.25) is 0 Å². The van der Waals surface area contributed by atoms with Crippen molar-refractivity contribution in [3.8, 4) is 23.0 Å². The predicted octanol–water partition coefficient (Wildman–Crippen LogP) is 8.05. The molecule has 5 nitrogen and oxygen atoms in total. The average Bonchev–Trinajstić information content (AvgIpc) is 3.34. The van der Waals surface area contributed by atoms with E-state index in [1.165, 1.54) is 12.8 Å². The molecule has 1 N–H and O–H groups in total.